The van der Waals surface area contributed by atoms with Crippen LogP contribution in [0.4, 0.5) is 4.79 Å². The van der Waals surface area contributed by atoms with Gasteiger partial charge in [-0.3, -0.25) is 19.2 Å². The number of benzene rings is 1. The number of carbonyl (C=O) groups is 5. The monoisotopic (exact) mass is 477 g/mol. The second kappa shape index (κ2) is 8.04. The van der Waals surface area contributed by atoms with Crippen LogP contribution < -0.4 is 4.74 Å². The van der Waals surface area contributed by atoms with Gasteiger partial charge in [0.05, 0.1) is 26.1 Å². The fourth-order valence-corrected chi connectivity index (χ4v) is 5.91. The number of methoxy groups -OCH3 is 2. The minimum Gasteiger partial charge on any atom is -0.504 e. The van der Waals surface area contributed by atoms with Gasteiger partial charge in [0.1, 0.15) is 0 Å². The first-order valence-corrected chi connectivity index (χ1v) is 11.2. The number of aromatic hydroxyl groups is 1. The van der Waals surface area contributed by atoms with E-state index in [0.29, 0.717) is 27.2 Å². The lowest BCUT2D eigenvalue weighted by atomic mass is 9.59. The Labute approximate surface area is 200 Å². The van der Waals surface area contributed by atoms with Gasteiger partial charge in [0, 0.05) is 22.6 Å². The van der Waals surface area contributed by atoms with Crippen molar-refractivity contribution in [1.29, 1.82) is 0 Å². The maximum Gasteiger partial charge on any atom is 0.423 e. The number of phenolic OH excluding ortho intramolecular Hbond substituents is 1. The third-order valence-electron chi connectivity index (χ3n) is 7.46. The van der Waals surface area contributed by atoms with Crippen LogP contribution in [0.1, 0.15) is 31.2 Å². The highest BCUT2D eigenvalue weighted by molar-refractivity contribution is 6.24. The summed E-state index contributed by atoms with van der Waals surface area (Å²) in [5.41, 5.74) is 2.29. The zero-order chi connectivity index (χ0) is 25.2. The van der Waals surface area contributed by atoms with E-state index < -0.39 is 41.6 Å². The Morgan fingerprint density at radius 2 is 1.83 bits per heavy atom. The van der Waals surface area contributed by atoms with Crippen LogP contribution in [-0.4, -0.2) is 53.7 Å². The van der Waals surface area contributed by atoms with E-state index in [1.807, 2.05) is 6.08 Å². The van der Waals surface area contributed by atoms with Gasteiger partial charge in [0.15, 0.2) is 23.1 Å². The number of rotatable bonds is 2. The summed E-state index contributed by atoms with van der Waals surface area (Å²) in [5, 5.41) is 10.1. The quantitative estimate of drug-likeness (QED) is 0.391. The number of ketones is 2. The van der Waals surface area contributed by atoms with Crippen LogP contribution in [0.25, 0.3) is 0 Å². The Bertz CT molecular complexity index is 1320. The number of fused-ring (bicyclic) bond motifs is 3. The third kappa shape index (κ3) is 3.18. The standard InChI is InChI=1S/C26H23NO8/c1-11-8-18(29)22-16(23(11)30)10-15-13(20(22)12-4-7-17(28)19(9-12)34-2)5-6-14-21(15)25(32)27(24(14)31)26(33)35-3/h4-5,7-9,14-15,20-21,28H,6,10H2,1-3H3. The van der Waals surface area contributed by atoms with Crippen LogP contribution in [0.15, 0.2) is 52.6 Å². The van der Waals surface area contributed by atoms with Gasteiger partial charge in [-0.1, -0.05) is 17.7 Å². The van der Waals surface area contributed by atoms with Crippen LogP contribution in [-0.2, 0) is 23.9 Å². The van der Waals surface area contributed by atoms with Crippen molar-refractivity contribution in [1.82, 2.24) is 4.90 Å². The number of nitrogens with zero attached hydrogens (tertiary/aromatic N) is 1. The number of imide groups is 3. The summed E-state index contributed by atoms with van der Waals surface area (Å²) < 4.78 is 9.91. The zero-order valence-electron chi connectivity index (χ0n) is 19.4. The minimum absolute atomic E-state index is 0.0809. The molecule has 35 heavy (non-hydrogen) atoms. The van der Waals surface area contributed by atoms with Crippen molar-refractivity contribution in [2.75, 3.05) is 14.2 Å². The highest BCUT2D eigenvalue weighted by atomic mass is 16.5. The normalized spacial score (nSPS) is 27.7. The van der Waals surface area contributed by atoms with Gasteiger partial charge in [-0.15, -0.1) is 0 Å². The summed E-state index contributed by atoms with van der Waals surface area (Å²) >= 11 is 0. The van der Waals surface area contributed by atoms with Crippen LogP contribution in [0.5, 0.6) is 11.5 Å². The molecule has 3 amide bonds. The second-order valence-electron chi connectivity index (χ2n) is 9.14. The number of carbonyl (C=O) groups excluding carboxylic acids is 5. The molecule has 1 fully saturated rings. The van der Waals surface area contributed by atoms with Gasteiger partial charge < -0.3 is 14.6 Å². The van der Waals surface area contributed by atoms with Crippen molar-refractivity contribution >= 4 is 29.5 Å². The lowest BCUT2D eigenvalue weighted by Gasteiger charge is -2.42. The van der Waals surface area contributed by atoms with Crippen molar-refractivity contribution < 1.29 is 38.6 Å². The molecule has 0 spiro atoms. The highest BCUT2D eigenvalue weighted by Gasteiger charge is 2.58. The Morgan fingerprint density at radius 3 is 2.51 bits per heavy atom. The lowest BCUT2D eigenvalue weighted by molar-refractivity contribution is -0.137. The van der Waals surface area contributed by atoms with E-state index in [1.54, 1.807) is 19.1 Å². The summed E-state index contributed by atoms with van der Waals surface area (Å²) in [6, 6.07) is 4.70. The Morgan fingerprint density at radius 1 is 1.09 bits per heavy atom. The summed E-state index contributed by atoms with van der Waals surface area (Å²) in [5.74, 6) is -4.57. The molecule has 1 saturated heterocycles. The van der Waals surface area contributed by atoms with Gasteiger partial charge in [-0.2, -0.15) is 4.90 Å². The molecule has 1 aromatic rings. The highest BCUT2D eigenvalue weighted by Crippen LogP contribution is 2.55. The molecule has 180 valence electrons. The molecular formula is C26H23NO8. The molecule has 1 N–H and O–H groups in total. The predicted octanol–water partition coefficient (Wildman–Crippen LogP) is 2.60. The fraction of sp³-hybridized carbons (Fsp3) is 0.346. The number of phenols is 1. The van der Waals surface area contributed by atoms with Crippen LogP contribution in [0.3, 0.4) is 0 Å². The van der Waals surface area contributed by atoms with Crippen molar-refractivity contribution in [2.45, 2.75) is 25.7 Å². The molecule has 1 heterocycles. The molecule has 9 nitrogen and oxygen atoms in total. The van der Waals surface area contributed by atoms with Crippen molar-refractivity contribution in [3.05, 3.63) is 58.2 Å². The van der Waals surface area contributed by atoms with Gasteiger partial charge in [0.25, 0.3) is 0 Å². The first-order valence-electron chi connectivity index (χ1n) is 11.2. The number of likely N-dealkylation sites (tertiary alicyclic amines) is 1. The summed E-state index contributed by atoms with van der Waals surface area (Å²) in [4.78, 5) is 65.4. The minimum atomic E-state index is -1.03. The molecule has 0 radical (unpaired) electrons. The van der Waals surface area contributed by atoms with Gasteiger partial charge >= 0.3 is 6.09 Å². The molecule has 1 aromatic carbocycles. The smallest absolute Gasteiger partial charge is 0.423 e. The number of hydrogen-bond acceptors (Lipinski definition) is 8. The van der Waals surface area contributed by atoms with E-state index in [4.69, 9.17) is 4.74 Å². The van der Waals surface area contributed by atoms with E-state index in [-0.39, 0.29) is 35.9 Å². The molecular weight excluding hydrogens is 454 g/mol. The molecule has 0 bridgehead atoms. The predicted molar refractivity (Wildman–Crippen MR) is 120 cm³/mol. The Balaban J connectivity index is 1.69. The number of allylic oxidation sites excluding steroid dienone is 6. The third-order valence-corrected chi connectivity index (χ3v) is 7.46. The molecule has 9 heteroatoms. The topological polar surface area (TPSA) is 127 Å². The van der Waals surface area contributed by atoms with E-state index >= 15 is 0 Å². The van der Waals surface area contributed by atoms with E-state index in [2.05, 4.69) is 4.74 Å². The molecule has 1 aliphatic heterocycles. The van der Waals surface area contributed by atoms with Crippen LogP contribution in [0.2, 0.25) is 0 Å². The number of Topliss-reactive ketones (excluding diaryl/α,β-unsaturated/α-hetero) is 1. The number of amides is 3. The molecule has 0 saturated carbocycles. The molecule has 4 aliphatic rings. The maximum absolute atomic E-state index is 13.3. The average molecular weight is 477 g/mol. The van der Waals surface area contributed by atoms with Gasteiger partial charge in [-0.05, 0) is 49.5 Å². The van der Waals surface area contributed by atoms with Crippen molar-refractivity contribution in [3.63, 3.8) is 0 Å². The summed E-state index contributed by atoms with van der Waals surface area (Å²) in [6.45, 7) is 1.57. The van der Waals surface area contributed by atoms with Gasteiger partial charge in [0.2, 0.25) is 11.8 Å². The van der Waals surface area contributed by atoms with Gasteiger partial charge in [-0.25, -0.2) is 4.79 Å². The molecule has 3 aliphatic carbocycles. The van der Waals surface area contributed by atoms with Crippen LogP contribution in [0, 0.1) is 17.8 Å². The van der Waals surface area contributed by atoms with E-state index in [0.717, 1.165) is 12.7 Å². The first kappa shape index (κ1) is 22.8. The molecule has 0 aromatic heterocycles. The van der Waals surface area contributed by atoms with Crippen molar-refractivity contribution in [2.24, 2.45) is 17.8 Å². The lowest BCUT2D eigenvalue weighted by Crippen LogP contribution is -2.40. The SMILES string of the molecule is COC(=O)N1C(=O)C2CC=C3C(c4ccc(O)c(OC)c4)C4=C(CC3C2C1=O)C(=O)C(C)=CC4=O. The maximum atomic E-state index is 13.3. The molecule has 4 unspecified atom stereocenters. The molecule has 4 atom stereocenters. The Kier molecular flexibility index (Phi) is 5.23. The zero-order valence-corrected chi connectivity index (χ0v) is 19.4. The largest absolute Gasteiger partial charge is 0.504 e. The first-order chi connectivity index (χ1) is 16.7. The number of ether oxygens (including phenoxy) is 2. The summed E-state index contributed by atoms with van der Waals surface area (Å²) in [6.07, 6.45) is 2.45. The Hall–Kier alpha value is -4.01. The number of hydrogen-bond donors (Lipinski definition) is 1. The molecule has 5 rings (SSSR count). The van der Waals surface area contributed by atoms with Crippen LogP contribution >= 0.6 is 0 Å². The van der Waals surface area contributed by atoms with Crippen molar-refractivity contribution in [3.8, 4) is 11.5 Å². The van der Waals surface area contributed by atoms with E-state index in [1.165, 1.54) is 19.3 Å². The average Bonchev–Trinajstić information content (AvgIpc) is 3.11. The second-order valence-corrected chi connectivity index (χ2v) is 9.14. The van der Waals surface area contributed by atoms with E-state index in [9.17, 15) is 29.1 Å². The fourth-order valence-electron chi connectivity index (χ4n) is 5.91. The summed E-state index contributed by atoms with van der Waals surface area (Å²) in [7, 11) is 2.51.